The van der Waals surface area contributed by atoms with Crippen LogP contribution in [-0.2, 0) is 4.79 Å². The van der Waals surface area contributed by atoms with Gasteiger partial charge in [0, 0.05) is 24.7 Å². The average Bonchev–Trinajstić information content (AvgIpc) is 2.96. The maximum absolute atomic E-state index is 13.7. The van der Waals surface area contributed by atoms with E-state index in [4.69, 9.17) is 22.4 Å². The highest BCUT2D eigenvalue weighted by Gasteiger charge is 2.37. The van der Waals surface area contributed by atoms with E-state index < -0.39 is 41.0 Å². The number of amides is 1. The fourth-order valence-electron chi connectivity index (χ4n) is 4.70. The predicted octanol–water partition coefficient (Wildman–Crippen LogP) is 6.72. The fraction of sp³-hybridized carbons (Fsp3) is 0.300. The molecule has 5 rings (SSSR count). The lowest BCUT2D eigenvalue weighted by atomic mass is 9.82. The van der Waals surface area contributed by atoms with Gasteiger partial charge in [-0.05, 0) is 73.7 Å². The number of alkyl halides is 2. The molecule has 234 valence electrons. The van der Waals surface area contributed by atoms with Gasteiger partial charge in [-0.15, -0.1) is 0 Å². The molecule has 4 N–H and O–H groups in total. The number of nitrogens with one attached hydrogen (secondary N) is 1. The summed E-state index contributed by atoms with van der Waals surface area (Å²) in [6, 6.07) is 8.89. The van der Waals surface area contributed by atoms with Crippen molar-refractivity contribution in [1.29, 1.82) is 0 Å². The molecule has 2 aromatic carbocycles. The van der Waals surface area contributed by atoms with Crippen molar-refractivity contribution in [3.05, 3.63) is 93.6 Å². The molecule has 0 spiro atoms. The molecule has 14 heteroatoms. The van der Waals surface area contributed by atoms with Crippen LogP contribution < -0.4 is 16.6 Å². The van der Waals surface area contributed by atoms with Crippen LogP contribution in [0.15, 0.2) is 65.8 Å². The second-order valence-corrected chi connectivity index (χ2v) is 10.5. The first kappa shape index (κ1) is 34.0. The number of hydrogen-bond acceptors (Lipinski definition) is 6. The number of benzene rings is 2. The van der Waals surface area contributed by atoms with E-state index in [1.54, 1.807) is 6.07 Å². The summed E-state index contributed by atoms with van der Waals surface area (Å²) in [6.45, 7) is 0. The summed E-state index contributed by atoms with van der Waals surface area (Å²) in [7, 11) is 0. The van der Waals surface area contributed by atoms with Crippen LogP contribution in [0.25, 0.3) is 10.9 Å². The maximum atomic E-state index is 13.7. The molecule has 2 heterocycles. The van der Waals surface area contributed by atoms with Gasteiger partial charge < -0.3 is 16.2 Å². The van der Waals surface area contributed by atoms with Gasteiger partial charge in [-0.2, -0.15) is 0 Å². The number of carboxylic acids is 1. The first-order chi connectivity index (χ1) is 20.3. The van der Waals surface area contributed by atoms with E-state index in [1.165, 1.54) is 36.8 Å². The molecule has 1 amide bonds. The Hall–Kier alpha value is -4.52. The third kappa shape index (κ3) is 8.53. The lowest BCUT2D eigenvalue weighted by Crippen LogP contribution is -2.36. The SMILES string of the molecule is C.Nc1ccc(F)cc1C(=O)O.O=C(Nc1ccc(Cl)cn1)C(CC1CCC(F)(F)CC1)n1cnc2ccc(F)cc2c1=O. The molecule has 1 atom stereocenters. The predicted molar refractivity (Wildman–Crippen MR) is 159 cm³/mol. The van der Waals surface area contributed by atoms with Crippen molar-refractivity contribution in [2.45, 2.75) is 51.5 Å². The first-order valence-electron chi connectivity index (χ1n) is 13.1. The summed E-state index contributed by atoms with van der Waals surface area (Å²) in [4.78, 5) is 44.8. The van der Waals surface area contributed by atoms with Crippen molar-refractivity contribution in [2.24, 2.45) is 5.92 Å². The number of anilines is 2. The number of pyridine rings is 1. The molecule has 0 aliphatic heterocycles. The number of rotatable bonds is 6. The fourth-order valence-corrected chi connectivity index (χ4v) is 4.81. The zero-order chi connectivity index (χ0) is 31.3. The van der Waals surface area contributed by atoms with Gasteiger partial charge in [0.05, 0.1) is 27.8 Å². The Morgan fingerprint density at radius 1 is 1.07 bits per heavy atom. The molecule has 0 radical (unpaired) electrons. The van der Waals surface area contributed by atoms with Crippen LogP contribution in [0.3, 0.4) is 0 Å². The Kier molecular flexibility index (Phi) is 11.0. The number of nitrogens with zero attached hydrogens (tertiary/aromatic N) is 3. The van der Waals surface area contributed by atoms with Gasteiger partial charge >= 0.3 is 5.97 Å². The number of aromatic nitrogens is 3. The third-order valence-electron chi connectivity index (χ3n) is 7.00. The quantitative estimate of drug-likeness (QED) is 0.158. The third-order valence-corrected chi connectivity index (χ3v) is 7.22. The van der Waals surface area contributed by atoms with E-state index in [0.717, 1.165) is 22.8 Å². The van der Waals surface area contributed by atoms with E-state index in [2.05, 4.69) is 15.3 Å². The van der Waals surface area contributed by atoms with Crippen LogP contribution in [0.2, 0.25) is 5.02 Å². The highest BCUT2D eigenvalue weighted by atomic mass is 35.5. The molecule has 4 aromatic rings. The van der Waals surface area contributed by atoms with Crippen LogP contribution in [0, 0.1) is 17.6 Å². The van der Waals surface area contributed by atoms with Gasteiger partial charge in [0.2, 0.25) is 11.8 Å². The number of nitrogen functional groups attached to an aromatic ring is 1. The molecule has 9 nitrogen and oxygen atoms in total. The van der Waals surface area contributed by atoms with E-state index >= 15 is 0 Å². The van der Waals surface area contributed by atoms with Crippen molar-refractivity contribution in [1.82, 2.24) is 14.5 Å². The molecule has 1 fully saturated rings. The van der Waals surface area contributed by atoms with Gasteiger partial charge in [0.25, 0.3) is 5.56 Å². The van der Waals surface area contributed by atoms with Gasteiger partial charge in [-0.3, -0.25) is 14.2 Å². The number of carbonyl (C=O) groups is 2. The molecule has 1 unspecified atom stereocenters. The number of carbonyl (C=O) groups excluding carboxylic acids is 1. The zero-order valence-corrected chi connectivity index (χ0v) is 23.2. The number of halogens is 5. The summed E-state index contributed by atoms with van der Waals surface area (Å²) in [5.74, 6) is -5.63. The Labute approximate surface area is 254 Å². The minimum atomic E-state index is -2.71. The topological polar surface area (TPSA) is 140 Å². The minimum absolute atomic E-state index is 0. The second kappa shape index (κ2) is 14.3. The second-order valence-electron chi connectivity index (χ2n) is 10.1. The number of aromatic carboxylic acids is 1. The zero-order valence-electron chi connectivity index (χ0n) is 22.4. The largest absolute Gasteiger partial charge is 0.478 e. The number of nitrogens with two attached hydrogens (primary N) is 1. The number of hydrogen-bond donors (Lipinski definition) is 3. The van der Waals surface area contributed by atoms with Crippen molar-refractivity contribution in [2.75, 3.05) is 11.1 Å². The Morgan fingerprint density at radius 2 is 1.73 bits per heavy atom. The van der Waals surface area contributed by atoms with E-state index in [9.17, 15) is 31.9 Å². The molecule has 44 heavy (non-hydrogen) atoms. The standard InChI is InChI=1S/C22H20ClF3N4O2.C7H6FNO2.CH4/c23-14-1-4-19(27-11-14)29-20(31)18(9-13-5-7-22(25,26)8-6-13)30-12-28-17-3-2-15(24)10-16(17)21(30)32;8-4-1-2-6(9)5(3-4)7(10)11;/h1-4,10-13,18H,5-9H2,(H,27,29,31);1-3H,9H2,(H,10,11);1H4. The lowest BCUT2D eigenvalue weighted by molar-refractivity contribution is -0.120. The molecule has 2 aromatic heterocycles. The molecule has 1 saturated carbocycles. The van der Waals surface area contributed by atoms with E-state index in [-0.39, 0.29) is 67.9 Å². The smallest absolute Gasteiger partial charge is 0.337 e. The highest BCUT2D eigenvalue weighted by Crippen LogP contribution is 2.39. The summed E-state index contributed by atoms with van der Waals surface area (Å²) < 4.78 is 54.4. The molecule has 1 aliphatic rings. The van der Waals surface area contributed by atoms with Crippen molar-refractivity contribution in [3.63, 3.8) is 0 Å². The summed E-state index contributed by atoms with van der Waals surface area (Å²) >= 11 is 5.83. The van der Waals surface area contributed by atoms with Crippen LogP contribution in [-0.4, -0.2) is 37.4 Å². The molecule has 0 bridgehead atoms. The van der Waals surface area contributed by atoms with Crippen molar-refractivity contribution in [3.8, 4) is 0 Å². The van der Waals surface area contributed by atoms with Gasteiger partial charge in [0.1, 0.15) is 23.5 Å². The first-order valence-corrected chi connectivity index (χ1v) is 13.5. The van der Waals surface area contributed by atoms with Gasteiger partial charge in [-0.1, -0.05) is 19.0 Å². The summed E-state index contributed by atoms with van der Waals surface area (Å²) in [5.41, 5.74) is 4.82. The van der Waals surface area contributed by atoms with Gasteiger partial charge in [0.15, 0.2) is 0 Å². The Morgan fingerprint density at radius 3 is 2.34 bits per heavy atom. The summed E-state index contributed by atoms with van der Waals surface area (Å²) in [5, 5.41) is 11.5. The summed E-state index contributed by atoms with van der Waals surface area (Å²) in [6.07, 6.45) is 2.71. The van der Waals surface area contributed by atoms with Crippen LogP contribution >= 0.6 is 11.6 Å². The highest BCUT2D eigenvalue weighted by molar-refractivity contribution is 6.30. The van der Waals surface area contributed by atoms with E-state index in [1.807, 2.05) is 0 Å². The molecule has 0 saturated heterocycles. The number of carboxylic acid groups (broad SMARTS) is 1. The van der Waals surface area contributed by atoms with Crippen molar-refractivity contribution >= 4 is 45.9 Å². The van der Waals surface area contributed by atoms with Gasteiger partial charge in [-0.25, -0.2) is 32.3 Å². The van der Waals surface area contributed by atoms with E-state index in [0.29, 0.717) is 10.5 Å². The molecular weight excluding hydrogens is 606 g/mol. The monoisotopic (exact) mass is 635 g/mol. The normalized spacial score (nSPS) is 14.9. The van der Waals surface area contributed by atoms with Crippen LogP contribution in [0.1, 0.15) is 55.9 Å². The van der Waals surface area contributed by atoms with Crippen LogP contribution in [0.5, 0.6) is 0 Å². The van der Waals surface area contributed by atoms with Crippen LogP contribution in [0.4, 0.5) is 29.1 Å². The molecule has 1 aliphatic carbocycles. The Balaban J connectivity index is 0.000000374. The maximum Gasteiger partial charge on any atom is 0.337 e. The average molecular weight is 636 g/mol. The minimum Gasteiger partial charge on any atom is -0.478 e. The Bertz CT molecular complexity index is 1690. The molecular formula is C30H30ClF4N5O4. The lowest BCUT2D eigenvalue weighted by Gasteiger charge is -2.30. The number of fused-ring (bicyclic) bond motifs is 1. The van der Waals surface area contributed by atoms with Crippen molar-refractivity contribution < 1.29 is 32.3 Å².